The second-order valence-electron chi connectivity index (χ2n) is 4.63. The molecule has 0 fully saturated rings. The number of carboxylic acids is 1. The first-order valence-corrected chi connectivity index (χ1v) is 7.56. The third-order valence-corrected chi connectivity index (χ3v) is 4.45. The Morgan fingerprint density at radius 3 is 2.45 bits per heavy atom. The van der Waals surface area contributed by atoms with Gasteiger partial charge in [0.1, 0.15) is 4.88 Å². The van der Waals surface area contributed by atoms with E-state index in [0.717, 1.165) is 10.1 Å². The molecule has 0 aliphatic rings. The van der Waals surface area contributed by atoms with Crippen LogP contribution in [0, 0.1) is 0 Å². The van der Waals surface area contributed by atoms with Crippen LogP contribution in [0.3, 0.4) is 0 Å². The van der Waals surface area contributed by atoms with Gasteiger partial charge in [-0.25, -0.2) is 4.79 Å². The maximum Gasteiger partial charge on any atom is 0.345 e. The Morgan fingerprint density at radius 1 is 1.05 bits per heavy atom. The minimum absolute atomic E-state index is 0.246. The number of carbonyl (C=O) groups excluding carboxylic acids is 1. The Morgan fingerprint density at radius 2 is 1.77 bits per heavy atom. The lowest BCUT2D eigenvalue weighted by Crippen LogP contribution is -2.11. The lowest BCUT2D eigenvalue weighted by atomic mass is 10.2. The van der Waals surface area contributed by atoms with Gasteiger partial charge in [0.2, 0.25) is 0 Å². The third-order valence-electron chi connectivity index (χ3n) is 3.09. The van der Waals surface area contributed by atoms with Crippen LogP contribution in [0.1, 0.15) is 20.0 Å². The fourth-order valence-corrected chi connectivity index (χ4v) is 3.04. The Bertz CT molecular complexity index is 871. The maximum absolute atomic E-state index is 12.1. The van der Waals surface area contributed by atoms with Crippen LogP contribution in [0.4, 0.5) is 5.69 Å². The van der Waals surface area contributed by atoms with Gasteiger partial charge in [-0.05, 0) is 53.9 Å². The fraction of sp³-hybridized carbons (Fsp3) is 0. The summed E-state index contributed by atoms with van der Waals surface area (Å²) in [5, 5.41) is 13.1. The summed E-state index contributed by atoms with van der Waals surface area (Å²) in [6.45, 7) is 0. The van der Waals surface area contributed by atoms with Crippen molar-refractivity contribution in [2.24, 2.45) is 0 Å². The fourth-order valence-electron chi connectivity index (χ4n) is 2.03. The van der Waals surface area contributed by atoms with E-state index in [1.54, 1.807) is 48.5 Å². The van der Waals surface area contributed by atoms with Crippen molar-refractivity contribution in [1.82, 2.24) is 0 Å². The average molecular weight is 332 g/mol. The summed E-state index contributed by atoms with van der Waals surface area (Å²) >= 11 is 7.00. The molecule has 0 bridgehead atoms. The van der Waals surface area contributed by atoms with Gasteiger partial charge >= 0.3 is 5.97 Å². The first kappa shape index (κ1) is 14.6. The Kier molecular flexibility index (Phi) is 3.83. The molecule has 0 saturated heterocycles. The van der Waals surface area contributed by atoms with E-state index in [1.807, 2.05) is 0 Å². The van der Waals surface area contributed by atoms with Gasteiger partial charge in [-0.1, -0.05) is 11.6 Å². The van der Waals surface area contributed by atoms with Crippen molar-refractivity contribution in [2.45, 2.75) is 0 Å². The predicted octanol–water partition coefficient (Wildman–Crippen LogP) is 4.51. The molecular weight excluding hydrogens is 322 g/mol. The molecule has 3 rings (SSSR count). The van der Waals surface area contributed by atoms with Crippen molar-refractivity contribution < 1.29 is 14.7 Å². The van der Waals surface area contributed by atoms with Crippen molar-refractivity contribution in [1.29, 1.82) is 0 Å². The van der Waals surface area contributed by atoms with Crippen molar-refractivity contribution in [3.8, 4) is 0 Å². The molecule has 0 aliphatic heterocycles. The number of hydrogen-bond acceptors (Lipinski definition) is 3. The quantitative estimate of drug-likeness (QED) is 0.742. The molecule has 1 amide bonds. The van der Waals surface area contributed by atoms with Crippen LogP contribution in [0.15, 0.2) is 48.5 Å². The summed E-state index contributed by atoms with van der Waals surface area (Å²) in [7, 11) is 0. The summed E-state index contributed by atoms with van der Waals surface area (Å²) in [5.74, 6) is -1.20. The van der Waals surface area contributed by atoms with Crippen molar-refractivity contribution in [2.75, 3.05) is 5.32 Å². The predicted molar refractivity (Wildman–Crippen MR) is 88.2 cm³/mol. The normalized spacial score (nSPS) is 10.6. The monoisotopic (exact) mass is 331 g/mol. The van der Waals surface area contributed by atoms with E-state index < -0.39 is 5.97 Å². The number of halogens is 1. The Labute approximate surface area is 135 Å². The van der Waals surface area contributed by atoms with Gasteiger partial charge in [0.15, 0.2) is 0 Å². The lowest BCUT2D eigenvalue weighted by Gasteiger charge is -2.05. The molecule has 0 spiro atoms. The first-order valence-electron chi connectivity index (χ1n) is 6.37. The zero-order valence-corrected chi connectivity index (χ0v) is 12.7. The highest BCUT2D eigenvalue weighted by Crippen LogP contribution is 2.28. The van der Waals surface area contributed by atoms with Gasteiger partial charge in [0, 0.05) is 21.0 Å². The summed E-state index contributed by atoms with van der Waals surface area (Å²) in [4.78, 5) is 23.4. The highest BCUT2D eigenvalue weighted by Gasteiger charge is 2.10. The van der Waals surface area contributed by atoms with Gasteiger partial charge in [-0.2, -0.15) is 0 Å². The van der Waals surface area contributed by atoms with Crippen LogP contribution >= 0.6 is 22.9 Å². The zero-order valence-electron chi connectivity index (χ0n) is 11.2. The summed E-state index contributed by atoms with van der Waals surface area (Å²) in [6.07, 6.45) is 0. The molecule has 4 nitrogen and oxygen atoms in total. The molecule has 1 aromatic heterocycles. The lowest BCUT2D eigenvalue weighted by molar-refractivity contribution is 0.0702. The van der Waals surface area contributed by atoms with Crippen LogP contribution in [-0.4, -0.2) is 17.0 Å². The van der Waals surface area contributed by atoms with Crippen LogP contribution in [0.25, 0.3) is 10.1 Å². The van der Waals surface area contributed by atoms with E-state index in [2.05, 4.69) is 5.32 Å². The van der Waals surface area contributed by atoms with Crippen LogP contribution in [-0.2, 0) is 0 Å². The molecule has 0 aliphatic carbocycles. The Balaban J connectivity index is 1.85. The molecule has 1 heterocycles. The molecule has 6 heteroatoms. The largest absolute Gasteiger partial charge is 0.477 e. The van der Waals surface area contributed by atoms with Crippen LogP contribution in [0.5, 0.6) is 0 Å². The second-order valence-corrected chi connectivity index (χ2v) is 6.15. The number of hydrogen-bond donors (Lipinski definition) is 2. The molecule has 0 unspecified atom stereocenters. The number of anilines is 1. The number of aromatic carboxylic acids is 1. The van der Waals surface area contributed by atoms with Crippen molar-refractivity contribution in [3.05, 3.63) is 64.0 Å². The van der Waals surface area contributed by atoms with E-state index in [4.69, 9.17) is 16.7 Å². The average Bonchev–Trinajstić information content (AvgIpc) is 2.91. The minimum Gasteiger partial charge on any atom is -0.477 e. The molecule has 0 saturated carbocycles. The van der Waals surface area contributed by atoms with Gasteiger partial charge in [0.25, 0.3) is 5.91 Å². The number of fused-ring (bicyclic) bond motifs is 1. The molecule has 22 heavy (non-hydrogen) atoms. The number of amides is 1. The van der Waals surface area contributed by atoms with Crippen molar-refractivity contribution >= 4 is 50.6 Å². The number of benzene rings is 2. The second kappa shape index (κ2) is 5.79. The molecule has 2 N–H and O–H groups in total. The van der Waals surface area contributed by atoms with E-state index in [9.17, 15) is 9.59 Å². The molecule has 2 aromatic carbocycles. The molecule has 110 valence electrons. The number of thiophene rings is 1. The summed E-state index contributed by atoms with van der Waals surface area (Å²) in [6, 6.07) is 13.5. The van der Waals surface area contributed by atoms with Gasteiger partial charge in [-0.15, -0.1) is 11.3 Å². The van der Waals surface area contributed by atoms with E-state index in [-0.39, 0.29) is 10.8 Å². The van der Waals surface area contributed by atoms with E-state index in [1.165, 1.54) is 11.3 Å². The number of rotatable bonds is 3. The Hall–Kier alpha value is -2.37. The topological polar surface area (TPSA) is 66.4 Å². The smallest absolute Gasteiger partial charge is 0.345 e. The molecule has 0 atom stereocenters. The van der Waals surface area contributed by atoms with Crippen molar-refractivity contribution in [3.63, 3.8) is 0 Å². The number of carbonyl (C=O) groups is 2. The highest BCUT2D eigenvalue weighted by molar-refractivity contribution is 7.20. The summed E-state index contributed by atoms with van der Waals surface area (Å²) < 4.78 is 0.863. The summed E-state index contributed by atoms with van der Waals surface area (Å²) in [5.41, 5.74) is 1.11. The standard InChI is InChI=1S/C16H10ClNO3S/c17-11-3-1-9(2-4-11)15(19)18-12-5-6-13-10(7-12)8-14(22-13)16(20)21/h1-8H,(H,18,19)(H,20,21). The number of nitrogens with one attached hydrogen (secondary N) is 1. The van der Waals surface area contributed by atoms with Crippen LogP contribution in [0.2, 0.25) is 5.02 Å². The van der Waals surface area contributed by atoms with Gasteiger partial charge < -0.3 is 10.4 Å². The third kappa shape index (κ3) is 2.95. The minimum atomic E-state index is -0.951. The highest BCUT2D eigenvalue weighted by atomic mass is 35.5. The SMILES string of the molecule is O=C(Nc1ccc2sc(C(=O)O)cc2c1)c1ccc(Cl)cc1. The van der Waals surface area contributed by atoms with E-state index >= 15 is 0 Å². The maximum atomic E-state index is 12.1. The molecular formula is C16H10ClNO3S. The van der Waals surface area contributed by atoms with Gasteiger partial charge in [-0.3, -0.25) is 4.79 Å². The number of carboxylic acid groups (broad SMARTS) is 1. The van der Waals surface area contributed by atoms with Crippen LogP contribution < -0.4 is 5.32 Å². The van der Waals surface area contributed by atoms with E-state index in [0.29, 0.717) is 16.3 Å². The molecule has 0 radical (unpaired) electrons. The van der Waals surface area contributed by atoms with Gasteiger partial charge in [0.05, 0.1) is 0 Å². The zero-order chi connectivity index (χ0) is 15.7. The molecule has 3 aromatic rings. The first-order chi connectivity index (χ1) is 10.5.